The largest absolute Gasteiger partial charge is 0.0654 e. The fourth-order valence-electron chi connectivity index (χ4n) is 7.48. The monoisotopic (exact) mass is 505 g/mol. The van der Waals surface area contributed by atoms with Crippen molar-refractivity contribution in [3.05, 3.63) is 0 Å². The molecule has 0 heterocycles. The Morgan fingerprint density at radius 1 is 0.222 bits per heavy atom. The molecular formula is C36H72. The van der Waals surface area contributed by atoms with E-state index >= 15 is 0 Å². The van der Waals surface area contributed by atoms with Crippen LogP contribution in [0.4, 0.5) is 0 Å². The summed E-state index contributed by atoms with van der Waals surface area (Å²) in [5, 5.41) is 0. The Balaban J connectivity index is 2.59. The number of hydrogen-bond donors (Lipinski definition) is 0. The van der Waals surface area contributed by atoms with E-state index in [0.717, 1.165) is 23.7 Å². The summed E-state index contributed by atoms with van der Waals surface area (Å²) in [6.07, 6.45) is 41.6. The van der Waals surface area contributed by atoms with Gasteiger partial charge in [0.1, 0.15) is 0 Å². The number of rotatable bonds is 28. The fraction of sp³-hybridized carbons (Fsp3) is 1.00. The second-order valence-corrected chi connectivity index (χ2v) is 12.9. The van der Waals surface area contributed by atoms with Crippen LogP contribution in [-0.4, -0.2) is 0 Å². The van der Waals surface area contributed by atoms with Crippen molar-refractivity contribution < 1.29 is 0 Å². The maximum atomic E-state index is 2.35. The molecule has 36 heavy (non-hydrogen) atoms. The summed E-state index contributed by atoms with van der Waals surface area (Å²) in [5.41, 5.74) is 0. The molecule has 1 aliphatic carbocycles. The van der Waals surface area contributed by atoms with Gasteiger partial charge in [-0.05, 0) is 49.4 Å². The Labute approximate surface area is 231 Å². The second-order valence-electron chi connectivity index (χ2n) is 12.9. The first-order valence-electron chi connectivity index (χ1n) is 17.8. The molecule has 0 aromatic rings. The van der Waals surface area contributed by atoms with Crippen LogP contribution in [0.3, 0.4) is 0 Å². The van der Waals surface area contributed by atoms with Gasteiger partial charge in [-0.15, -0.1) is 0 Å². The van der Waals surface area contributed by atoms with E-state index in [2.05, 4.69) is 27.7 Å². The molecule has 0 atom stereocenters. The van der Waals surface area contributed by atoms with Gasteiger partial charge in [-0.3, -0.25) is 0 Å². The van der Waals surface area contributed by atoms with E-state index in [9.17, 15) is 0 Å². The zero-order valence-electron chi connectivity index (χ0n) is 26.1. The van der Waals surface area contributed by atoms with Crippen LogP contribution in [-0.2, 0) is 0 Å². The van der Waals surface area contributed by atoms with Crippen LogP contribution in [0.15, 0.2) is 0 Å². The summed E-state index contributed by atoms with van der Waals surface area (Å²) in [4.78, 5) is 0. The highest BCUT2D eigenvalue weighted by Crippen LogP contribution is 2.55. The van der Waals surface area contributed by atoms with E-state index in [0.29, 0.717) is 0 Å². The number of hydrogen-bond acceptors (Lipinski definition) is 0. The number of unbranched alkanes of at least 4 members (excludes halogenated alkanes) is 20. The standard InChI is InChI=1S/C36H72/c1-5-9-13-17-21-25-29-33-34(30-26-22-18-14-10-6-2)36(32-28-24-20-16-12-8-4)35(33)31-27-23-19-15-11-7-3/h33-36H,5-32H2,1-4H3. The Morgan fingerprint density at radius 2 is 0.389 bits per heavy atom. The Kier molecular flexibility index (Phi) is 23.9. The molecule has 0 aliphatic heterocycles. The van der Waals surface area contributed by atoms with Gasteiger partial charge in [-0.1, -0.05) is 182 Å². The third-order valence-corrected chi connectivity index (χ3v) is 9.76. The summed E-state index contributed by atoms with van der Waals surface area (Å²) in [5.74, 6) is 4.36. The van der Waals surface area contributed by atoms with Crippen molar-refractivity contribution in [1.29, 1.82) is 0 Å². The average molecular weight is 505 g/mol. The van der Waals surface area contributed by atoms with E-state index in [1.54, 1.807) is 25.7 Å². The molecule has 0 amide bonds. The van der Waals surface area contributed by atoms with Crippen LogP contribution in [0.25, 0.3) is 0 Å². The topological polar surface area (TPSA) is 0 Å². The molecule has 0 nitrogen and oxygen atoms in total. The third kappa shape index (κ3) is 16.1. The highest BCUT2D eigenvalue weighted by atomic mass is 14.5. The van der Waals surface area contributed by atoms with Gasteiger partial charge in [-0.25, -0.2) is 0 Å². The average Bonchev–Trinajstić information content (AvgIpc) is 2.88. The molecule has 0 aromatic heterocycles. The lowest BCUT2D eigenvalue weighted by Crippen LogP contribution is -2.46. The van der Waals surface area contributed by atoms with Crippen LogP contribution in [0, 0.1) is 23.7 Å². The van der Waals surface area contributed by atoms with Gasteiger partial charge in [0.25, 0.3) is 0 Å². The Bertz CT molecular complexity index is 338. The summed E-state index contributed by atoms with van der Waals surface area (Å²) in [6.45, 7) is 9.38. The van der Waals surface area contributed by atoms with Crippen LogP contribution in [0.5, 0.6) is 0 Å². The summed E-state index contributed by atoms with van der Waals surface area (Å²) < 4.78 is 0. The van der Waals surface area contributed by atoms with Gasteiger partial charge in [-0.2, -0.15) is 0 Å². The predicted octanol–water partition coefficient (Wildman–Crippen LogP) is 13.5. The molecule has 1 rings (SSSR count). The van der Waals surface area contributed by atoms with Crippen LogP contribution < -0.4 is 0 Å². The first-order valence-corrected chi connectivity index (χ1v) is 17.8. The molecule has 0 heteroatoms. The van der Waals surface area contributed by atoms with E-state index in [-0.39, 0.29) is 0 Å². The Hall–Kier alpha value is 0. The highest BCUT2D eigenvalue weighted by molar-refractivity contribution is 4.96. The van der Waals surface area contributed by atoms with Gasteiger partial charge >= 0.3 is 0 Å². The van der Waals surface area contributed by atoms with Crippen molar-refractivity contribution in [3.8, 4) is 0 Å². The molecule has 0 spiro atoms. The van der Waals surface area contributed by atoms with Gasteiger partial charge in [0, 0.05) is 0 Å². The van der Waals surface area contributed by atoms with Crippen molar-refractivity contribution in [2.75, 3.05) is 0 Å². The lowest BCUT2D eigenvalue weighted by atomic mass is 9.51. The summed E-state index contributed by atoms with van der Waals surface area (Å²) in [6, 6.07) is 0. The quantitative estimate of drug-likeness (QED) is 0.0929. The minimum Gasteiger partial charge on any atom is -0.0654 e. The molecule has 1 fully saturated rings. The summed E-state index contributed by atoms with van der Waals surface area (Å²) >= 11 is 0. The van der Waals surface area contributed by atoms with Gasteiger partial charge in [0.15, 0.2) is 0 Å². The van der Waals surface area contributed by atoms with Crippen molar-refractivity contribution in [2.45, 2.75) is 207 Å². The van der Waals surface area contributed by atoms with E-state index in [1.807, 2.05) is 0 Å². The molecule has 1 saturated carbocycles. The van der Waals surface area contributed by atoms with E-state index in [1.165, 1.54) is 154 Å². The normalized spacial score (nSPS) is 21.7. The molecule has 216 valence electrons. The second kappa shape index (κ2) is 25.3. The first kappa shape index (κ1) is 34.0. The first-order chi connectivity index (χ1) is 17.8. The lowest BCUT2D eigenvalue weighted by Gasteiger charge is -2.54. The molecule has 0 aromatic carbocycles. The van der Waals surface area contributed by atoms with Gasteiger partial charge in [0.05, 0.1) is 0 Å². The predicted molar refractivity (Wildman–Crippen MR) is 166 cm³/mol. The molecule has 0 N–H and O–H groups in total. The molecule has 0 unspecified atom stereocenters. The zero-order valence-corrected chi connectivity index (χ0v) is 26.1. The summed E-state index contributed by atoms with van der Waals surface area (Å²) in [7, 11) is 0. The molecule has 0 radical (unpaired) electrons. The fourth-order valence-corrected chi connectivity index (χ4v) is 7.48. The SMILES string of the molecule is CCCCCCCCC1C(CCCCCCCC)C(CCCCCCCC)C1CCCCCCCC. The molecule has 1 aliphatic rings. The minimum absolute atomic E-state index is 1.09. The van der Waals surface area contributed by atoms with Crippen molar-refractivity contribution in [1.82, 2.24) is 0 Å². The van der Waals surface area contributed by atoms with Crippen LogP contribution in [0.1, 0.15) is 207 Å². The molecule has 0 saturated heterocycles. The van der Waals surface area contributed by atoms with Crippen LogP contribution >= 0.6 is 0 Å². The lowest BCUT2D eigenvalue weighted by molar-refractivity contribution is -0.0486. The van der Waals surface area contributed by atoms with Crippen molar-refractivity contribution in [2.24, 2.45) is 23.7 Å². The van der Waals surface area contributed by atoms with Crippen molar-refractivity contribution in [3.63, 3.8) is 0 Å². The van der Waals surface area contributed by atoms with E-state index in [4.69, 9.17) is 0 Å². The van der Waals surface area contributed by atoms with E-state index < -0.39 is 0 Å². The third-order valence-electron chi connectivity index (χ3n) is 9.76. The van der Waals surface area contributed by atoms with Gasteiger partial charge in [0.2, 0.25) is 0 Å². The van der Waals surface area contributed by atoms with Gasteiger partial charge < -0.3 is 0 Å². The molecule has 0 bridgehead atoms. The molecular weight excluding hydrogens is 432 g/mol. The smallest absolute Gasteiger partial charge is 0.0352 e. The Morgan fingerprint density at radius 3 is 0.583 bits per heavy atom. The van der Waals surface area contributed by atoms with Crippen molar-refractivity contribution >= 4 is 0 Å². The zero-order chi connectivity index (χ0) is 26.1. The highest BCUT2D eigenvalue weighted by Gasteiger charge is 2.47. The van der Waals surface area contributed by atoms with Crippen LogP contribution in [0.2, 0.25) is 0 Å². The maximum absolute atomic E-state index is 2.35. The minimum atomic E-state index is 1.09. The maximum Gasteiger partial charge on any atom is -0.0352 e.